The van der Waals surface area contributed by atoms with Crippen LogP contribution in [0.2, 0.25) is 0 Å². The van der Waals surface area contributed by atoms with Crippen molar-refractivity contribution in [2.75, 3.05) is 11.9 Å². The van der Waals surface area contributed by atoms with Crippen molar-refractivity contribution in [1.82, 2.24) is 4.72 Å². The summed E-state index contributed by atoms with van der Waals surface area (Å²) in [7, 11) is -3.50. The van der Waals surface area contributed by atoms with Gasteiger partial charge in [-0.3, -0.25) is 4.79 Å². The molecule has 0 aromatic heterocycles. The van der Waals surface area contributed by atoms with Crippen molar-refractivity contribution >= 4 is 21.6 Å². The Morgan fingerprint density at radius 3 is 2.21 bits per heavy atom. The molecule has 0 bridgehead atoms. The first-order chi connectivity index (χ1) is 13.3. The fourth-order valence-electron chi connectivity index (χ4n) is 2.47. The van der Waals surface area contributed by atoms with E-state index in [0.717, 1.165) is 11.1 Å². The summed E-state index contributed by atoms with van der Waals surface area (Å²) in [5.74, 6) is 0.110. The Bertz CT molecular complexity index is 928. The number of hydrogen-bond acceptors (Lipinski definition) is 4. The van der Waals surface area contributed by atoms with Crippen LogP contribution in [0.5, 0.6) is 0 Å². The topological polar surface area (TPSA) is 99.1 Å². The van der Waals surface area contributed by atoms with Crippen molar-refractivity contribution in [3.05, 3.63) is 59.7 Å². The smallest absolute Gasteiger partial charge is 0.240 e. The summed E-state index contributed by atoms with van der Waals surface area (Å²) >= 11 is 0. The van der Waals surface area contributed by atoms with Gasteiger partial charge in [0.05, 0.1) is 17.4 Å². The Balaban J connectivity index is 1.87. The Morgan fingerprint density at radius 1 is 1.04 bits per heavy atom. The molecule has 2 aromatic rings. The predicted octanol–water partition coefficient (Wildman–Crippen LogP) is 3.26. The number of nitriles is 1. The lowest BCUT2D eigenvalue weighted by Crippen LogP contribution is -2.27. The largest absolute Gasteiger partial charge is 0.326 e. The Hall–Kier alpha value is -2.69. The average molecular weight is 400 g/mol. The minimum atomic E-state index is -3.50. The number of benzene rings is 2. The third-order valence-corrected chi connectivity index (χ3v) is 5.52. The molecule has 0 atom stereocenters. The van der Waals surface area contributed by atoms with E-state index in [1.54, 1.807) is 36.4 Å². The number of aryl methyl sites for hydroxylation is 1. The number of carbonyl (C=O) groups excluding carboxylic acids is 1. The zero-order valence-corrected chi connectivity index (χ0v) is 16.9. The normalized spacial score (nSPS) is 11.2. The summed E-state index contributed by atoms with van der Waals surface area (Å²) in [6, 6.07) is 15.8. The first kappa shape index (κ1) is 21.6. The maximum Gasteiger partial charge on any atom is 0.240 e. The van der Waals surface area contributed by atoms with Crippen molar-refractivity contribution in [2.24, 2.45) is 5.92 Å². The summed E-state index contributed by atoms with van der Waals surface area (Å²) in [6.45, 7) is 4.27. The number of rotatable bonds is 9. The minimum absolute atomic E-state index is 0.122. The van der Waals surface area contributed by atoms with Gasteiger partial charge in [-0.25, -0.2) is 13.1 Å². The maximum atomic E-state index is 12.2. The molecule has 0 saturated carbocycles. The number of sulfonamides is 1. The number of amides is 1. The van der Waals surface area contributed by atoms with E-state index in [1.165, 1.54) is 0 Å². The van der Waals surface area contributed by atoms with Gasteiger partial charge in [0.2, 0.25) is 15.9 Å². The average Bonchev–Trinajstić information content (AvgIpc) is 2.67. The highest BCUT2D eigenvalue weighted by Crippen LogP contribution is 2.14. The highest BCUT2D eigenvalue weighted by molar-refractivity contribution is 7.89. The minimum Gasteiger partial charge on any atom is -0.326 e. The molecule has 6 nitrogen and oxygen atoms in total. The SMILES string of the molecule is CC(C)CNS(=O)(=O)c1ccc(CCC(=O)Nc2ccc(CC#N)cc2)cc1. The first-order valence-corrected chi connectivity index (χ1v) is 10.6. The summed E-state index contributed by atoms with van der Waals surface area (Å²) in [4.78, 5) is 12.3. The molecule has 2 N–H and O–H groups in total. The van der Waals surface area contributed by atoms with Crippen LogP contribution in [-0.2, 0) is 27.7 Å². The molecule has 0 spiro atoms. The fraction of sp³-hybridized carbons (Fsp3) is 0.333. The van der Waals surface area contributed by atoms with Crippen molar-refractivity contribution in [1.29, 1.82) is 5.26 Å². The molecule has 0 heterocycles. The molecule has 148 valence electrons. The number of anilines is 1. The van der Waals surface area contributed by atoms with Gasteiger partial charge in [0.25, 0.3) is 0 Å². The predicted molar refractivity (Wildman–Crippen MR) is 109 cm³/mol. The van der Waals surface area contributed by atoms with E-state index in [1.807, 2.05) is 26.0 Å². The van der Waals surface area contributed by atoms with E-state index in [-0.39, 0.29) is 23.1 Å². The molecule has 28 heavy (non-hydrogen) atoms. The summed E-state index contributed by atoms with van der Waals surface area (Å²) in [6.07, 6.45) is 1.14. The van der Waals surface area contributed by atoms with Gasteiger partial charge in [-0.2, -0.15) is 5.26 Å². The quantitative estimate of drug-likeness (QED) is 0.676. The Kier molecular flexibility index (Phi) is 7.73. The van der Waals surface area contributed by atoms with Gasteiger partial charge in [0.15, 0.2) is 0 Å². The van der Waals surface area contributed by atoms with Crippen molar-refractivity contribution in [3.63, 3.8) is 0 Å². The van der Waals surface area contributed by atoms with E-state index < -0.39 is 10.0 Å². The zero-order chi connectivity index (χ0) is 20.6. The van der Waals surface area contributed by atoms with Crippen LogP contribution in [0.1, 0.15) is 31.4 Å². The van der Waals surface area contributed by atoms with Crippen molar-refractivity contribution in [2.45, 2.75) is 38.0 Å². The summed E-state index contributed by atoms with van der Waals surface area (Å²) in [5, 5.41) is 11.5. The lowest BCUT2D eigenvalue weighted by atomic mass is 10.1. The Labute approximate surface area is 166 Å². The van der Waals surface area contributed by atoms with Crippen molar-refractivity contribution in [3.8, 4) is 6.07 Å². The number of carbonyl (C=O) groups is 1. The van der Waals surface area contributed by atoms with Gasteiger partial charge < -0.3 is 5.32 Å². The molecular weight excluding hydrogens is 374 g/mol. The van der Waals surface area contributed by atoms with E-state index in [4.69, 9.17) is 5.26 Å². The summed E-state index contributed by atoms with van der Waals surface area (Å²) in [5.41, 5.74) is 2.48. The molecule has 0 radical (unpaired) electrons. The van der Waals surface area contributed by atoms with Crippen LogP contribution >= 0.6 is 0 Å². The van der Waals surface area contributed by atoms with Gasteiger partial charge in [0, 0.05) is 18.7 Å². The van der Waals surface area contributed by atoms with Crippen LogP contribution in [0.4, 0.5) is 5.69 Å². The van der Waals surface area contributed by atoms with Gasteiger partial charge >= 0.3 is 0 Å². The van der Waals surface area contributed by atoms with Gasteiger partial charge in [-0.1, -0.05) is 38.1 Å². The second kappa shape index (κ2) is 10.0. The molecule has 1 amide bonds. The van der Waals surface area contributed by atoms with Crippen LogP contribution in [-0.4, -0.2) is 20.9 Å². The molecule has 7 heteroatoms. The number of hydrogen-bond donors (Lipinski definition) is 2. The zero-order valence-electron chi connectivity index (χ0n) is 16.1. The lowest BCUT2D eigenvalue weighted by Gasteiger charge is -2.09. The third-order valence-electron chi connectivity index (χ3n) is 4.08. The second-order valence-corrected chi connectivity index (χ2v) is 8.74. The second-order valence-electron chi connectivity index (χ2n) is 6.97. The monoisotopic (exact) mass is 399 g/mol. The molecule has 0 aliphatic carbocycles. The third kappa shape index (κ3) is 6.80. The molecule has 0 aliphatic rings. The van der Waals surface area contributed by atoms with Gasteiger partial charge in [-0.05, 0) is 47.7 Å². The van der Waals surface area contributed by atoms with Crippen LogP contribution in [0.3, 0.4) is 0 Å². The summed E-state index contributed by atoms with van der Waals surface area (Å²) < 4.78 is 27.0. The number of nitrogens with one attached hydrogen (secondary N) is 2. The van der Waals surface area contributed by atoms with E-state index >= 15 is 0 Å². The van der Waals surface area contributed by atoms with E-state index in [2.05, 4.69) is 16.1 Å². The first-order valence-electron chi connectivity index (χ1n) is 9.14. The molecule has 0 unspecified atom stereocenters. The standard InChI is InChI=1S/C21H25N3O3S/c1-16(2)15-23-28(26,27)20-10-5-17(6-11-20)7-12-21(25)24-19-8-3-18(4-9-19)13-14-22/h3-6,8-11,16,23H,7,12-13,15H2,1-2H3,(H,24,25). The molecule has 0 aliphatic heterocycles. The number of nitrogens with zero attached hydrogens (tertiary/aromatic N) is 1. The van der Waals surface area contributed by atoms with Crippen LogP contribution in [0, 0.1) is 17.2 Å². The molecule has 2 aromatic carbocycles. The highest BCUT2D eigenvalue weighted by Gasteiger charge is 2.14. The van der Waals surface area contributed by atoms with E-state index in [0.29, 0.717) is 25.1 Å². The van der Waals surface area contributed by atoms with Crippen LogP contribution in [0.25, 0.3) is 0 Å². The molecule has 0 fully saturated rings. The van der Waals surface area contributed by atoms with Crippen LogP contribution < -0.4 is 10.0 Å². The fourth-order valence-corrected chi connectivity index (χ4v) is 3.69. The highest BCUT2D eigenvalue weighted by atomic mass is 32.2. The Morgan fingerprint density at radius 2 is 1.64 bits per heavy atom. The van der Waals surface area contributed by atoms with Crippen LogP contribution in [0.15, 0.2) is 53.4 Å². The van der Waals surface area contributed by atoms with Gasteiger partial charge in [-0.15, -0.1) is 0 Å². The molecular formula is C21H25N3O3S. The van der Waals surface area contributed by atoms with Gasteiger partial charge in [0.1, 0.15) is 0 Å². The maximum absolute atomic E-state index is 12.2. The van der Waals surface area contributed by atoms with E-state index in [9.17, 15) is 13.2 Å². The molecule has 2 rings (SSSR count). The lowest BCUT2D eigenvalue weighted by molar-refractivity contribution is -0.116. The van der Waals surface area contributed by atoms with Crippen molar-refractivity contribution < 1.29 is 13.2 Å². The molecule has 0 saturated heterocycles.